The van der Waals surface area contributed by atoms with Crippen molar-refractivity contribution in [3.63, 3.8) is 0 Å². The van der Waals surface area contributed by atoms with Crippen LogP contribution in [0.5, 0.6) is 0 Å². The van der Waals surface area contributed by atoms with Crippen LogP contribution in [0, 0.1) is 0 Å². The Kier molecular flexibility index (Phi) is 4.73. The third-order valence-corrected chi connectivity index (χ3v) is 6.79. The molecule has 32 heavy (non-hydrogen) atoms. The van der Waals surface area contributed by atoms with E-state index in [-0.39, 0.29) is 30.7 Å². The Labute approximate surface area is 187 Å². The quantitative estimate of drug-likeness (QED) is 0.627. The Morgan fingerprint density at radius 2 is 1.72 bits per heavy atom. The zero-order valence-corrected chi connectivity index (χ0v) is 18.2. The van der Waals surface area contributed by atoms with Crippen LogP contribution in [0.3, 0.4) is 0 Å². The van der Waals surface area contributed by atoms with Crippen LogP contribution in [0.15, 0.2) is 66.7 Å². The molecule has 1 saturated heterocycles. The number of amides is 3. The van der Waals surface area contributed by atoms with E-state index in [1.165, 1.54) is 0 Å². The number of benzene rings is 3. The third-order valence-electron chi connectivity index (χ3n) is 6.79. The summed E-state index contributed by atoms with van der Waals surface area (Å²) in [6.07, 6.45) is 1.12. The summed E-state index contributed by atoms with van der Waals surface area (Å²) in [5, 5.41) is 2.19. The van der Waals surface area contributed by atoms with Crippen LogP contribution in [0.2, 0.25) is 0 Å². The average Bonchev–Trinajstić information content (AvgIpc) is 3.13. The highest BCUT2D eigenvalue weighted by Crippen LogP contribution is 2.44. The molecule has 0 bridgehead atoms. The number of fused-ring (bicyclic) bond motifs is 4. The van der Waals surface area contributed by atoms with Crippen molar-refractivity contribution >= 4 is 39.9 Å². The SMILES string of the molecule is CN(C(=O)CCN1C(=O)c2ccccc2N2C(=O)CCC12C)c1ccc2ccccc2c1. The van der Waals surface area contributed by atoms with Crippen molar-refractivity contribution in [2.75, 3.05) is 23.4 Å². The second-order valence-corrected chi connectivity index (χ2v) is 8.65. The van der Waals surface area contributed by atoms with Crippen molar-refractivity contribution in [2.45, 2.75) is 31.8 Å². The average molecular weight is 428 g/mol. The molecule has 6 nitrogen and oxygen atoms in total. The molecular weight excluding hydrogens is 402 g/mol. The van der Waals surface area contributed by atoms with E-state index in [2.05, 4.69) is 0 Å². The minimum atomic E-state index is -0.746. The van der Waals surface area contributed by atoms with Crippen LogP contribution in [0.25, 0.3) is 10.8 Å². The van der Waals surface area contributed by atoms with Gasteiger partial charge in [0.25, 0.3) is 5.91 Å². The maximum Gasteiger partial charge on any atom is 0.257 e. The third kappa shape index (κ3) is 3.06. The van der Waals surface area contributed by atoms with E-state index >= 15 is 0 Å². The summed E-state index contributed by atoms with van der Waals surface area (Å²) in [4.78, 5) is 44.1. The predicted octanol–water partition coefficient (Wildman–Crippen LogP) is 4.19. The topological polar surface area (TPSA) is 60.9 Å². The zero-order chi connectivity index (χ0) is 22.5. The first-order chi connectivity index (χ1) is 15.4. The Morgan fingerprint density at radius 3 is 2.53 bits per heavy atom. The van der Waals surface area contributed by atoms with Gasteiger partial charge in [-0.1, -0.05) is 42.5 Å². The van der Waals surface area contributed by atoms with Crippen LogP contribution in [0.4, 0.5) is 11.4 Å². The Bertz CT molecular complexity index is 1250. The van der Waals surface area contributed by atoms with Gasteiger partial charge in [0.1, 0.15) is 5.66 Å². The van der Waals surface area contributed by atoms with Gasteiger partial charge in [-0.05, 0) is 48.4 Å². The van der Waals surface area contributed by atoms with Gasteiger partial charge < -0.3 is 9.80 Å². The summed E-state index contributed by atoms with van der Waals surface area (Å²) in [6, 6.07) is 21.2. The van der Waals surface area contributed by atoms with Gasteiger partial charge in [0.15, 0.2) is 0 Å². The van der Waals surface area contributed by atoms with Gasteiger partial charge in [0.2, 0.25) is 11.8 Å². The molecule has 0 radical (unpaired) electrons. The Morgan fingerprint density at radius 1 is 1.00 bits per heavy atom. The number of carbonyl (C=O) groups is 3. The molecule has 162 valence electrons. The van der Waals surface area contributed by atoms with Gasteiger partial charge >= 0.3 is 0 Å². The van der Waals surface area contributed by atoms with Gasteiger partial charge in [-0.3, -0.25) is 19.3 Å². The van der Waals surface area contributed by atoms with Crippen LogP contribution in [0.1, 0.15) is 36.5 Å². The van der Waals surface area contributed by atoms with Crippen LogP contribution in [-0.2, 0) is 9.59 Å². The van der Waals surface area contributed by atoms with E-state index in [0.29, 0.717) is 24.1 Å². The molecule has 0 saturated carbocycles. The van der Waals surface area contributed by atoms with Gasteiger partial charge in [0.05, 0.1) is 11.3 Å². The predicted molar refractivity (Wildman–Crippen MR) is 125 cm³/mol. The lowest BCUT2D eigenvalue weighted by Crippen LogP contribution is -2.62. The molecule has 5 rings (SSSR count). The lowest BCUT2D eigenvalue weighted by molar-refractivity contribution is -0.118. The fraction of sp³-hybridized carbons (Fsp3) is 0.269. The van der Waals surface area contributed by atoms with E-state index in [0.717, 1.165) is 16.5 Å². The van der Waals surface area contributed by atoms with Crippen molar-refractivity contribution in [1.82, 2.24) is 4.90 Å². The van der Waals surface area contributed by atoms with Crippen LogP contribution in [-0.4, -0.2) is 41.9 Å². The Balaban J connectivity index is 1.38. The van der Waals surface area contributed by atoms with Crippen molar-refractivity contribution in [3.8, 4) is 0 Å². The molecule has 1 atom stereocenters. The lowest BCUT2D eigenvalue weighted by atomic mass is 9.98. The monoisotopic (exact) mass is 427 g/mol. The van der Waals surface area contributed by atoms with Crippen LogP contribution >= 0.6 is 0 Å². The molecule has 1 unspecified atom stereocenters. The molecule has 0 spiro atoms. The van der Waals surface area contributed by atoms with Crippen molar-refractivity contribution in [2.24, 2.45) is 0 Å². The van der Waals surface area contributed by atoms with E-state index < -0.39 is 5.66 Å². The van der Waals surface area contributed by atoms with Gasteiger partial charge in [-0.15, -0.1) is 0 Å². The molecule has 0 aliphatic carbocycles. The second-order valence-electron chi connectivity index (χ2n) is 8.65. The van der Waals surface area contributed by atoms with Crippen molar-refractivity contribution in [3.05, 3.63) is 72.3 Å². The molecule has 2 heterocycles. The largest absolute Gasteiger partial charge is 0.315 e. The summed E-state index contributed by atoms with van der Waals surface area (Å²) < 4.78 is 0. The molecule has 1 fully saturated rings. The highest BCUT2D eigenvalue weighted by atomic mass is 16.2. The molecule has 3 aromatic carbocycles. The highest BCUT2D eigenvalue weighted by molar-refractivity contribution is 6.10. The second kappa shape index (κ2) is 7.48. The van der Waals surface area contributed by atoms with E-state index in [4.69, 9.17) is 0 Å². The summed E-state index contributed by atoms with van der Waals surface area (Å²) in [6.45, 7) is 2.17. The minimum Gasteiger partial charge on any atom is -0.315 e. The maximum absolute atomic E-state index is 13.3. The molecule has 0 N–H and O–H groups in total. The first-order valence-corrected chi connectivity index (χ1v) is 10.9. The number of carbonyl (C=O) groups excluding carboxylic acids is 3. The molecule has 2 aliphatic rings. The fourth-order valence-electron chi connectivity index (χ4n) is 4.95. The van der Waals surface area contributed by atoms with Crippen molar-refractivity contribution < 1.29 is 14.4 Å². The van der Waals surface area contributed by atoms with E-state index in [1.54, 1.807) is 33.9 Å². The summed E-state index contributed by atoms with van der Waals surface area (Å²) in [5.41, 5.74) is 1.24. The molecular formula is C26H25N3O3. The normalized spacial score (nSPS) is 19.8. The van der Waals surface area contributed by atoms with Crippen molar-refractivity contribution in [1.29, 1.82) is 0 Å². The number of rotatable bonds is 4. The summed E-state index contributed by atoms with van der Waals surface area (Å²) >= 11 is 0. The zero-order valence-electron chi connectivity index (χ0n) is 18.2. The lowest BCUT2D eigenvalue weighted by Gasteiger charge is -2.48. The standard InChI is InChI=1S/C26H25N3O3/c1-26-15-13-24(31)29(26)22-10-6-5-9-21(22)25(32)28(26)16-14-23(30)27(2)20-12-11-18-7-3-4-8-19(18)17-20/h3-12,17H,13-16H2,1-2H3. The molecule has 3 aromatic rings. The summed E-state index contributed by atoms with van der Waals surface area (Å²) in [7, 11) is 1.76. The van der Waals surface area contributed by atoms with Gasteiger partial charge in [-0.25, -0.2) is 0 Å². The first-order valence-electron chi connectivity index (χ1n) is 10.9. The fourth-order valence-corrected chi connectivity index (χ4v) is 4.95. The van der Waals surface area contributed by atoms with Gasteiger partial charge in [-0.2, -0.15) is 0 Å². The van der Waals surface area contributed by atoms with Gasteiger partial charge in [0, 0.05) is 32.1 Å². The smallest absolute Gasteiger partial charge is 0.257 e. The van der Waals surface area contributed by atoms with Crippen LogP contribution < -0.4 is 9.80 Å². The molecule has 3 amide bonds. The first kappa shape index (κ1) is 20.2. The number of nitrogens with zero attached hydrogens (tertiary/aromatic N) is 3. The highest BCUT2D eigenvalue weighted by Gasteiger charge is 2.52. The Hall–Kier alpha value is -3.67. The number of hydrogen-bond donors (Lipinski definition) is 0. The maximum atomic E-state index is 13.3. The number of para-hydroxylation sites is 1. The van der Waals surface area contributed by atoms with E-state index in [9.17, 15) is 14.4 Å². The molecule has 0 aromatic heterocycles. The number of hydrogen-bond acceptors (Lipinski definition) is 3. The van der Waals surface area contributed by atoms with E-state index in [1.807, 2.05) is 61.5 Å². The molecule has 6 heteroatoms. The number of anilines is 2. The summed E-state index contributed by atoms with van der Waals surface area (Å²) in [5.74, 6) is -0.196. The minimum absolute atomic E-state index is 0.0112. The molecule has 2 aliphatic heterocycles.